The van der Waals surface area contributed by atoms with E-state index >= 15 is 0 Å². The second kappa shape index (κ2) is 8.46. The first kappa shape index (κ1) is 18.7. The zero-order valence-electron chi connectivity index (χ0n) is 13.7. The van der Waals surface area contributed by atoms with Gasteiger partial charge in [-0.3, -0.25) is 4.79 Å². The van der Waals surface area contributed by atoms with Gasteiger partial charge in [0, 0.05) is 12.1 Å². The Bertz CT molecular complexity index is 685. The zero-order chi connectivity index (χ0) is 18.3. The minimum absolute atomic E-state index is 0.108. The highest BCUT2D eigenvalue weighted by molar-refractivity contribution is 6.03. The lowest BCUT2D eigenvalue weighted by Crippen LogP contribution is -2.14. The summed E-state index contributed by atoms with van der Waals surface area (Å²) in [6.45, 7) is 2.91. The van der Waals surface area contributed by atoms with Crippen molar-refractivity contribution in [2.75, 3.05) is 17.2 Å². The van der Waals surface area contributed by atoms with Gasteiger partial charge < -0.3 is 10.6 Å². The van der Waals surface area contributed by atoms with Crippen LogP contribution in [0.2, 0.25) is 0 Å². The third kappa shape index (κ3) is 5.74. The van der Waals surface area contributed by atoms with Crippen molar-refractivity contribution in [3.63, 3.8) is 0 Å². The summed E-state index contributed by atoms with van der Waals surface area (Å²) < 4.78 is 37.5. The number of benzene rings is 1. The minimum Gasteiger partial charge on any atom is -0.369 e. The molecule has 8 heteroatoms. The first-order chi connectivity index (χ1) is 11.9. The van der Waals surface area contributed by atoms with E-state index in [1.54, 1.807) is 12.1 Å². The lowest BCUT2D eigenvalue weighted by atomic mass is 10.1. The summed E-state index contributed by atoms with van der Waals surface area (Å²) in [6.07, 6.45) is -1.14. The predicted octanol–water partition coefficient (Wildman–Crippen LogP) is 4.35. The SMILES string of the molecule is CCCCCNc1ccc(NC(=O)c2ccc(C(F)(F)F)cc2)nn1. The quantitative estimate of drug-likeness (QED) is 0.727. The summed E-state index contributed by atoms with van der Waals surface area (Å²) in [5.41, 5.74) is -0.695. The van der Waals surface area contributed by atoms with Crippen molar-refractivity contribution in [1.82, 2.24) is 10.2 Å². The number of unbranched alkanes of at least 4 members (excludes halogenated alkanes) is 2. The fourth-order valence-corrected chi connectivity index (χ4v) is 2.08. The molecule has 0 radical (unpaired) electrons. The van der Waals surface area contributed by atoms with Crippen LogP contribution in [0.25, 0.3) is 0 Å². The van der Waals surface area contributed by atoms with Crippen molar-refractivity contribution in [1.29, 1.82) is 0 Å². The highest BCUT2D eigenvalue weighted by Crippen LogP contribution is 2.29. The fourth-order valence-electron chi connectivity index (χ4n) is 2.08. The predicted molar refractivity (Wildman–Crippen MR) is 89.4 cm³/mol. The Labute approximate surface area is 143 Å². The number of carbonyl (C=O) groups is 1. The van der Waals surface area contributed by atoms with Gasteiger partial charge in [-0.05, 0) is 42.8 Å². The van der Waals surface area contributed by atoms with E-state index in [-0.39, 0.29) is 11.4 Å². The Balaban J connectivity index is 1.92. The number of alkyl halides is 3. The second-order valence-electron chi connectivity index (χ2n) is 5.47. The van der Waals surface area contributed by atoms with Crippen LogP contribution < -0.4 is 10.6 Å². The van der Waals surface area contributed by atoms with E-state index in [2.05, 4.69) is 27.8 Å². The average molecular weight is 352 g/mol. The first-order valence-electron chi connectivity index (χ1n) is 7.96. The number of nitrogens with one attached hydrogen (secondary N) is 2. The van der Waals surface area contributed by atoms with Crippen molar-refractivity contribution in [3.05, 3.63) is 47.5 Å². The van der Waals surface area contributed by atoms with Gasteiger partial charge in [0.1, 0.15) is 5.82 Å². The van der Waals surface area contributed by atoms with Crippen molar-refractivity contribution < 1.29 is 18.0 Å². The van der Waals surface area contributed by atoms with Crippen molar-refractivity contribution in [2.45, 2.75) is 32.4 Å². The maximum absolute atomic E-state index is 12.5. The molecule has 2 rings (SSSR count). The molecule has 0 bridgehead atoms. The van der Waals surface area contributed by atoms with Gasteiger partial charge in [0.2, 0.25) is 0 Å². The van der Waals surface area contributed by atoms with E-state index in [9.17, 15) is 18.0 Å². The highest BCUT2D eigenvalue weighted by Gasteiger charge is 2.30. The number of rotatable bonds is 7. The number of hydrogen-bond donors (Lipinski definition) is 2. The summed E-state index contributed by atoms with van der Waals surface area (Å²) >= 11 is 0. The Morgan fingerprint density at radius 2 is 1.64 bits per heavy atom. The molecule has 0 unspecified atom stereocenters. The molecule has 134 valence electrons. The Kier molecular flexibility index (Phi) is 6.32. The molecule has 0 saturated carbocycles. The Morgan fingerprint density at radius 1 is 1.00 bits per heavy atom. The standard InChI is InChI=1S/C17H19F3N4O/c1-2-3-4-11-21-14-9-10-15(24-23-14)22-16(25)12-5-7-13(8-6-12)17(18,19)20/h5-10H,2-4,11H2,1H3,(H,21,23)(H,22,24,25). The van der Waals surface area contributed by atoms with Gasteiger partial charge >= 0.3 is 6.18 Å². The molecule has 5 nitrogen and oxygen atoms in total. The third-order valence-electron chi connectivity index (χ3n) is 3.47. The smallest absolute Gasteiger partial charge is 0.369 e. The molecule has 0 aliphatic heterocycles. The molecule has 0 atom stereocenters. The summed E-state index contributed by atoms with van der Waals surface area (Å²) in [5, 5.41) is 13.4. The topological polar surface area (TPSA) is 66.9 Å². The molecule has 1 heterocycles. The molecule has 2 N–H and O–H groups in total. The van der Waals surface area contributed by atoms with Gasteiger partial charge in [-0.25, -0.2) is 0 Å². The van der Waals surface area contributed by atoms with Crippen LogP contribution >= 0.6 is 0 Å². The van der Waals surface area contributed by atoms with Crippen LogP contribution in [-0.2, 0) is 6.18 Å². The Hall–Kier alpha value is -2.64. The molecule has 25 heavy (non-hydrogen) atoms. The van der Waals surface area contributed by atoms with E-state index in [0.29, 0.717) is 5.82 Å². The van der Waals surface area contributed by atoms with E-state index in [0.717, 1.165) is 50.1 Å². The summed E-state index contributed by atoms with van der Waals surface area (Å²) in [5.74, 6) is 0.277. The molecular weight excluding hydrogens is 333 g/mol. The van der Waals surface area contributed by atoms with Crippen molar-refractivity contribution in [3.8, 4) is 0 Å². The van der Waals surface area contributed by atoms with Crippen LogP contribution in [0, 0.1) is 0 Å². The highest BCUT2D eigenvalue weighted by atomic mass is 19.4. The van der Waals surface area contributed by atoms with Gasteiger partial charge in [-0.2, -0.15) is 13.2 Å². The number of carbonyl (C=O) groups excluding carboxylic acids is 1. The molecule has 0 fully saturated rings. The molecule has 1 aromatic carbocycles. The van der Waals surface area contributed by atoms with E-state index in [1.165, 1.54) is 0 Å². The van der Waals surface area contributed by atoms with E-state index in [1.807, 2.05) is 0 Å². The molecule has 0 aliphatic carbocycles. The van der Waals surface area contributed by atoms with Crippen molar-refractivity contribution >= 4 is 17.5 Å². The number of halogens is 3. The zero-order valence-corrected chi connectivity index (χ0v) is 13.7. The molecule has 0 saturated heterocycles. The van der Waals surface area contributed by atoms with Gasteiger partial charge in [-0.15, -0.1) is 10.2 Å². The first-order valence-corrected chi connectivity index (χ1v) is 7.96. The largest absolute Gasteiger partial charge is 0.416 e. The third-order valence-corrected chi connectivity index (χ3v) is 3.47. The molecule has 0 aliphatic rings. The average Bonchev–Trinajstić information content (AvgIpc) is 2.59. The van der Waals surface area contributed by atoms with Crippen molar-refractivity contribution in [2.24, 2.45) is 0 Å². The maximum atomic E-state index is 12.5. The van der Waals surface area contributed by atoms with Gasteiger partial charge in [0.25, 0.3) is 5.91 Å². The Morgan fingerprint density at radius 3 is 2.20 bits per heavy atom. The van der Waals surface area contributed by atoms with Gasteiger partial charge in [0.15, 0.2) is 5.82 Å². The maximum Gasteiger partial charge on any atom is 0.416 e. The normalized spacial score (nSPS) is 11.2. The molecular formula is C17H19F3N4O. The monoisotopic (exact) mass is 352 g/mol. The number of aromatic nitrogens is 2. The van der Waals surface area contributed by atoms with E-state index < -0.39 is 17.6 Å². The minimum atomic E-state index is -4.43. The van der Waals surface area contributed by atoms with Gasteiger partial charge in [0.05, 0.1) is 5.56 Å². The molecule has 0 spiro atoms. The van der Waals surface area contributed by atoms with Crippen LogP contribution in [0.1, 0.15) is 42.1 Å². The number of hydrogen-bond acceptors (Lipinski definition) is 4. The molecule has 1 aromatic heterocycles. The lowest BCUT2D eigenvalue weighted by molar-refractivity contribution is -0.137. The second-order valence-corrected chi connectivity index (χ2v) is 5.47. The number of amides is 1. The van der Waals surface area contributed by atoms with Crippen LogP contribution in [0.3, 0.4) is 0 Å². The van der Waals surface area contributed by atoms with Crippen LogP contribution in [0.4, 0.5) is 24.8 Å². The molecule has 1 amide bonds. The van der Waals surface area contributed by atoms with E-state index in [4.69, 9.17) is 0 Å². The molecule has 2 aromatic rings. The lowest BCUT2D eigenvalue weighted by Gasteiger charge is -2.08. The van der Waals surface area contributed by atoms with Crippen LogP contribution in [0.5, 0.6) is 0 Å². The summed E-state index contributed by atoms with van der Waals surface area (Å²) in [6, 6.07) is 7.23. The number of nitrogens with zero attached hydrogens (tertiary/aromatic N) is 2. The number of anilines is 2. The fraction of sp³-hybridized carbons (Fsp3) is 0.353. The van der Waals surface area contributed by atoms with Gasteiger partial charge in [-0.1, -0.05) is 19.8 Å². The summed E-state index contributed by atoms with van der Waals surface area (Å²) in [4.78, 5) is 12.0. The van der Waals surface area contributed by atoms with Crippen LogP contribution in [-0.4, -0.2) is 22.6 Å². The van der Waals surface area contributed by atoms with Crippen LogP contribution in [0.15, 0.2) is 36.4 Å². The summed E-state index contributed by atoms with van der Waals surface area (Å²) in [7, 11) is 0.